The molecule has 2 nitrogen and oxygen atoms in total. The first-order valence-electron chi connectivity index (χ1n) is 3.89. The highest BCUT2D eigenvalue weighted by molar-refractivity contribution is 5.90. The van der Waals surface area contributed by atoms with Crippen LogP contribution in [0.25, 0.3) is 10.8 Å². The van der Waals surface area contributed by atoms with E-state index in [1.54, 1.807) is 0 Å². The summed E-state index contributed by atoms with van der Waals surface area (Å²) in [6.07, 6.45) is 0. The molecule has 0 aromatic heterocycles. The first kappa shape index (κ1) is 8.74. The van der Waals surface area contributed by atoms with Gasteiger partial charge in [-0.15, -0.1) is 0 Å². The van der Waals surface area contributed by atoms with Crippen LogP contribution in [0, 0.1) is 11.6 Å². The maximum absolute atomic E-state index is 13.2. The van der Waals surface area contributed by atoms with E-state index in [-0.39, 0.29) is 16.5 Å². The molecule has 0 unspecified atom stereocenters. The summed E-state index contributed by atoms with van der Waals surface area (Å²) >= 11 is 0. The highest BCUT2D eigenvalue weighted by atomic mass is 19.2. The van der Waals surface area contributed by atoms with E-state index >= 15 is 0 Å². The minimum absolute atomic E-state index is 0.194. The number of hydrogen-bond donors (Lipinski definition) is 2. The van der Waals surface area contributed by atoms with E-state index in [0.29, 0.717) is 0 Å². The maximum atomic E-state index is 13.2. The fourth-order valence-corrected chi connectivity index (χ4v) is 1.36. The molecular weight excluding hydrogens is 190 g/mol. The molecule has 0 heterocycles. The Morgan fingerprint density at radius 2 is 1.71 bits per heavy atom. The first-order chi connectivity index (χ1) is 6.59. The second kappa shape index (κ2) is 2.83. The summed E-state index contributed by atoms with van der Waals surface area (Å²) in [7, 11) is 0. The Balaban J connectivity index is 2.95. The minimum atomic E-state index is -1.11. The van der Waals surface area contributed by atoms with Gasteiger partial charge >= 0.3 is 0 Å². The second-order valence-corrected chi connectivity index (χ2v) is 2.92. The van der Waals surface area contributed by atoms with Gasteiger partial charge in [0.2, 0.25) is 0 Å². The summed E-state index contributed by atoms with van der Waals surface area (Å²) in [5, 5.41) is 18.4. The van der Waals surface area contributed by atoms with Crippen molar-refractivity contribution in [3.63, 3.8) is 0 Å². The van der Waals surface area contributed by atoms with E-state index in [1.807, 2.05) is 0 Å². The van der Waals surface area contributed by atoms with Crippen molar-refractivity contribution < 1.29 is 19.0 Å². The summed E-state index contributed by atoms with van der Waals surface area (Å²) in [5.74, 6) is -2.81. The van der Waals surface area contributed by atoms with Gasteiger partial charge in [-0.1, -0.05) is 6.07 Å². The van der Waals surface area contributed by atoms with Crippen molar-refractivity contribution in [1.29, 1.82) is 0 Å². The lowest BCUT2D eigenvalue weighted by atomic mass is 10.1. The van der Waals surface area contributed by atoms with Gasteiger partial charge in [-0.2, -0.15) is 0 Å². The molecule has 0 aliphatic heterocycles. The molecule has 2 aromatic carbocycles. The Morgan fingerprint density at radius 1 is 1.00 bits per heavy atom. The van der Waals surface area contributed by atoms with Crippen LogP contribution in [0.5, 0.6) is 11.5 Å². The van der Waals surface area contributed by atoms with Crippen LogP contribution in [0.15, 0.2) is 24.3 Å². The van der Waals surface area contributed by atoms with Gasteiger partial charge in [-0.3, -0.25) is 0 Å². The van der Waals surface area contributed by atoms with Crippen LogP contribution in [0.1, 0.15) is 0 Å². The van der Waals surface area contributed by atoms with Gasteiger partial charge in [-0.25, -0.2) is 8.78 Å². The normalized spacial score (nSPS) is 10.7. The summed E-state index contributed by atoms with van der Waals surface area (Å²) in [5.41, 5.74) is 0. The predicted molar refractivity (Wildman–Crippen MR) is 47.2 cm³/mol. The Labute approximate surface area is 78.0 Å². The Kier molecular flexibility index (Phi) is 1.77. The monoisotopic (exact) mass is 196 g/mol. The van der Waals surface area contributed by atoms with Crippen LogP contribution in [-0.2, 0) is 0 Å². The molecule has 0 bridgehead atoms. The van der Waals surface area contributed by atoms with Gasteiger partial charge in [0.15, 0.2) is 11.6 Å². The first-order valence-corrected chi connectivity index (χ1v) is 3.89. The van der Waals surface area contributed by atoms with Gasteiger partial charge in [0, 0.05) is 6.07 Å². The van der Waals surface area contributed by atoms with Gasteiger partial charge in [-0.05, 0) is 17.5 Å². The number of fused-ring (bicyclic) bond motifs is 1. The minimum Gasteiger partial charge on any atom is -0.508 e. The smallest absolute Gasteiger partial charge is 0.170 e. The molecule has 0 aliphatic rings. The van der Waals surface area contributed by atoms with Gasteiger partial charge in [0.25, 0.3) is 0 Å². The summed E-state index contributed by atoms with van der Waals surface area (Å²) in [4.78, 5) is 0. The Hall–Kier alpha value is -1.84. The van der Waals surface area contributed by atoms with Crippen molar-refractivity contribution in [2.24, 2.45) is 0 Å². The average Bonchev–Trinajstić information content (AvgIpc) is 2.10. The molecule has 2 rings (SSSR count). The summed E-state index contributed by atoms with van der Waals surface area (Å²) < 4.78 is 26.0. The summed E-state index contributed by atoms with van der Waals surface area (Å²) in [6, 6.07) is 4.44. The van der Waals surface area contributed by atoms with Crippen molar-refractivity contribution in [3.8, 4) is 11.5 Å². The van der Waals surface area contributed by atoms with E-state index in [9.17, 15) is 13.9 Å². The van der Waals surface area contributed by atoms with Crippen LogP contribution < -0.4 is 0 Å². The van der Waals surface area contributed by atoms with Crippen molar-refractivity contribution >= 4 is 10.8 Å². The van der Waals surface area contributed by atoms with E-state index in [1.165, 1.54) is 12.1 Å². The van der Waals surface area contributed by atoms with Gasteiger partial charge in [0.1, 0.15) is 11.5 Å². The topological polar surface area (TPSA) is 40.5 Å². The number of halogens is 2. The zero-order valence-electron chi connectivity index (χ0n) is 6.96. The SMILES string of the molecule is Oc1cc(O)c2c(F)c(F)ccc2c1. The van der Waals surface area contributed by atoms with Crippen molar-refractivity contribution in [3.05, 3.63) is 35.9 Å². The molecule has 0 aliphatic carbocycles. The van der Waals surface area contributed by atoms with E-state index in [2.05, 4.69) is 0 Å². The van der Waals surface area contributed by atoms with E-state index in [4.69, 9.17) is 5.11 Å². The third kappa shape index (κ3) is 1.16. The van der Waals surface area contributed by atoms with Crippen molar-refractivity contribution in [2.45, 2.75) is 0 Å². The van der Waals surface area contributed by atoms with Crippen LogP contribution >= 0.6 is 0 Å². The Bertz CT molecular complexity index is 509. The molecule has 0 atom stereocenters. The standard InChI is InChI=1S/C10H6F2O2/c11-7-2-1-5-3-6(13)4-8(14)9(5)10(7)12/h1-4,13-14H. The number of benzene rings is 2. The highest BCUT2D eigenvalue weighted by Crippen LogP contribution is 2.32. The largest absolute Gasteiger partial charge is 0.508 e. The lowest BCUT2D eigenvalue weighted by Crippen LogP contribution is -1.86. The number of hydrogen-bond acceptors (Lipinski definition) is 2. The average molecular weight is 196 g/mol. The zero-order valence-corrected chi connectivity index (χ0v) is 6.96. The van der Waals surface area contributed by atoms with Crippen molar-refractivity contribution in [1.82, 2.24) is 0 Å². The fraction of sp³-hybridized carbons (Fsp3) is 0. The van der Waals surface area contributed by atoms with Crippen LogP contribution in [0.3, 0.4) is 0 Å². The second-order valence-electron chi connectivity index (χ2n) is 2.92. The number of phenolic OH excluding ortho intramolecular Hbond substituents is 2. The predicted octanol–water partition coefficient (Wildman–Crippen LogP) is 2.53. The van der Waals surface area contributed by atoms with Crippen LogP contribution in [-0.4, -0.2) is 10.2 Å². The van der Waals surface area contributed by atoms with Crippen LogP contribution in [0.2, 0.25) is 0 Å². The molecule has 4 heteroatoms. The molecule has 2 N–H and O–H groups in total. The molecule has 0 saturated heterocycles. The van der Waals surface area contributed by atoms with E-state index in [0.717, 1.165) is 12.1 Å². The molecule has 0 amide bonds. The van der Waals surface area contributed by atoms with Crippen molar-refractivity contribution in [2.75, 3.05) is 0 Å². The lowest BCUT2D eigenvalue weighted by molar-refractivity contribution is 0.451. The molecule has 0 spiro atoms. The fourth-order valence-electron chi connectivity index (χ4n) is 1.36. The molecule has 72 valence electrons. The molecule has 2 aromatic rings. The molecule has 0 radical (unpaired) electrons. The molecule has 14 heavy (non-hydrogen) atoms. The zero-order chi connectivity index (χ0) is 10.3. The third-order valence-corrected chi connectivity index (χ3v) is 1.97. The van der Waals surface area contributed by atoms with E-state index < -0.39 is 17.4 Å². The molecular formula is C10H6F2O2. The number of phenols is 2. The highest BCUT2D eigenvalue weighted by Gasteiger charge is 2.11. The van der Waals surface area contributed by atoms with Crippen LogP contribution in [0.4, 0.5) is 8.78 Å². The van der Waals surface area contributed by atoms with Gasteiger partial charge < -0.3 is 10.2 Å². The molecule has 0 saturated carbocycles. The molecule has 0 fully saturated rings. The Morgan fingerprint density at radius 3 is 2.43 bits per heavy atom. The third-order valence-electron chi connectivity index (χ3n) is 1.97. The number of rotatable bonds is 0. The number of aromatic hydroxyl groups is 2. The van der Waals surface area contributed by atoms with Gasteiger partial charge in [0.05, 0.1) is 5.39 Å². The summed E-state index contributed by atoms with van der Waals surface area (Å²) in [6.45, 7) is 0. The quantitative estimate of drug-likeness (QED) is 0.679. The lowest BCUT2D eigenvalue weighted by Gasteiger charge is -2.03. The maximum Gasteiger partial charge on any atom is 0.170 e.